The second-order valence-corrected chi connectivity index (χ2v) is 3.55. The van der Waals surface area contributed by atoms with Crippen LogP contribution in [0.5, 0.6) is 0 Å². The molecule has 5 N–H and O–H groups in total. The molecule has 0 aliphatic carbocycles. The highest BCUT2D eigenvalue weighted by atomic mass is 16.4. The summed E-state index contributed by atoms with van der Waals surface area (Å²) in [5, 5.41) is 8.59. The van der Waals surface area contributed by atoms with Crippen LogP contribution < -0.4 is 16.6 Å². The van der Waals surface area contributed by atoms with Crippen molar-refractivity contribution >= 4 is 12.0 Å². The standard InChI is InChI=1S/C8H15N3O3/c1-5(10-11-7(9)14)8(2,3)4-6(12)13/h10H,1,4H2,2-3H3,(H,12,13)(H3,9,11,14). The van der Waals surface area contributed by atoms with E-state index in [2.05, 4.69) is 17.4 Å². The third-order valence-electron chi connectivity index (χ3n) is 1.75. The van der Waals surface area contributed by atoms with Gasteiger partial charge in [-0.15, -0.1) is 0 Å². The van der Waals surface area contributed by atoms with E-state index < -0.39 is 17.4 Å². The van der Waals surface area contributed by atoms with E-state index in [0.29, 0.717) is 5.70 Å². The summed E-state index contributed by atoms with van der Waals surface area (Å²) in [5.41, 5.74) is 9.11. The van der Waals surface area contributed by atoms with Gasteiger partial charge in [0.15, 0.2) is 0 Å². The molecule has 0 saturated carbocycles. The number of hydrogen-bond acceptors (Lipinski definition) is 3. The Morgan fingerprint density at radius 1 is 1.43 bits per heavy atom. The van der Waals surface area contributed by atoms with Crippen LogP contribution in [0.25, 0.3) is 0 Å². The molecule has 0 saturated heterocycles. The molecule has 0 radical (unpaired) electrons. The van der Waals surface area contributed by atoms with Crippen molar-refractivity contribution in [2.45, 2.75) is 20.3 Å². The molecule has 0 fully saturated rings. The average molecular weight is 201 g/mol. The first kappa shape index (κ1) is 12.3. The van der Waals surface area contributed by atoms with Crippen molar-refractivity contribution < 1.29 is 14.7 Å². The number of allylic oxidation sites excluding steroid dienone is 1. The van der Waals surface area contributed by atoms with Crippen LogP contribution in [-0.4, -0.2) is 17.1 Å². The second kappa shape index (κ2) is 4.50. The molecule has 0 atom stereocenters. The SMILES string of the molecule is C=C(NNC(N)=O)C(C)(C)CC(=O)O. The van der Waals surface area contributed by atoms with Gasteiger partial charge in [0, 0.05) is 11.1 Å². The molecule has 0 aliphatic heterocycles. The second-order valence-electron chi connectivity index (χ2n) is 3.55. The highest BCUT2D eigenvalue weighted by molar-refractivity contribution is 5.71. The maximum absolute atomic E-state index is 10.5. The number of carboxylic acid groups (broad SMARTS) is 1. The molecule has 0 spiro atoms. The summed E-state index contributed by atoms with van der Waals surface area (Å²) < 4.78 is 0. The van der Waals surface area contributed by atoms with Gasteiger partial charge in [0.05, 0.1) is 6.42 Å². The zero-order valence-electron chi connectivity index (χ0n) is 8.26. The smallest absolute Gasteiger partial charge is 0.330 e. The van der Waals surface area contributed by atoms with Gasteiger partial charge in [-0.2, -0.15) is 0 Å². The highest BCUT2D eigenvalue weighted by Gasteiger charge is 2.25. The summed E-state index contributed by atoms with van der Waals surface area (Å²) in [6.45, 7) is 6.99. The summed E-state index contributed by atoms with van der Waals surface area (Å²) in [6.07, 6.45) is -0.0841. The van der Waals surface area contributed by atoms with E-state index in [-0.39, 0.29) is 6.42 Å². The molecule has 0 unspecified atom stereocenters. The Labute approximate surface area is 82.1 Å². The minimum atomic E-state index is -0.933. The molecule has 0 heterocycles. The molecule has 0 aliphatic rings. The van der Waals surface area contributed by atoms with E-state index in [0.717, 1.165) is 0 Å². The van der Waals surface area contributed by atoms with Crippen LogP contribution in [0.15, 0.2) is 12.3 Å². The molecule has 0 rings (SSSR count). The summed E-state index contributed by atoms with van der Waals surface area (Å²) in [6, 6.07) is -0.753. The first-order valence-electron chi connectivity index (χ1n) is 3.98. The predicted molar refractivity (Wildman–Crippen MR) is 51.0 cm³/mol. The van der Waals surface area contributed by atoms with Gasteiger partial charge in [0.25, 0.3) is 0 Å². The molecule has 6 heteroatoms. The number of nitrogens with two attached hydrogens (primary N) is 1. The molecule has 80 valence electrons. The summed E-state index contributed by atoms with van der Waals surface area (Å²) >= 11 is 0. The number of urea groups is 1. The minimum Gasteiger partial charge on any atom is -0.481 e. The molecule has 2 amide bonds. The van der Waals surface area contributed by atoms with Gasteiger partial charge >= 0.3 is 12.0 Å². The number of rotatable bonds is 5. The van der Waals surface area contributed by atoms with Crippen molar-refractivity contribution in [3.63, 3.8) is 0 Å². The Bertz CT molecular complexity index is 261. The van der Waals surface area contributed by atoms with Gasteiger partial charge in [-0.1, -0.05) is 20.4 Å². The fourth-order valence-electron chi connectivity index (χ4n) is 0.791. The first-order chi connectivity index (χ1) is 6.25. The summed E-state index contributed by atoms with van der Waals surface area (Å²) in [5.74, 6) is -0.933. The number of carbonyl (C=O) groups is 2. The van der Waals surface area contributed by atoms with Gasteiger partial charge < -0.3 is 16.3 Å². The lowest BCUT2D eigenvalue weighted by Gasteiger charge is -2.25. The van der Waals surface area contributed by atoms with Crippen molar-refractivity contribution in [2.24, 2.45) is 11.1 Å². The number of carbonyl (C=O) groups excluding carboxylic acids is 1. The van der Waals surface area contributed by atoms with Crippen molar-refractivity contribution in [3.8, 4) is 0 Å². The van der Waals surface area contributed by atoms with E-state index in [1.54, 1.807) is 13.8 Å². The zero-order valence-corrected chi connectivity index (χ0v) is 8.26. The lowest BCUT2D eigenvalue weighted by atomic mass is 9.86. The van der Waals surface area contributed by atoms with Crippen LogP contribution in [0, 0.1) is 5.41 Å². The third kappa shape index (κ3) is 4.34. The predicted octanol–water partition coefficient (Wildman–Crippen LogP) is 0.174. The van der Waals surface area contributed by atoms with E-state index >= 15 is 0 Å². The maximum atomic E-state index is 10.5. The Morgan fingerprint density at radius 2 is 1.93 bits per heavy atom. The molecule has 0 bridgehead atoms. The van der Waals surface area contributed by atoms with Crippen molar-refractivity contribution in [1.29, 1.82) is 0 Å². The minimum absolute atomic E-state index is 0.0841. The number of aliphatic carboxylic acids is 1. The molecular weight excluding hydrogens is 186 g/mol. The highest BCUT2D eigenvalue weighted by Crippen LogP contribution is 2.26. The van der Waals surface area contributed by atoms with E-state index in [4.69, 9.17) is 10.8 Å². The summed E-state index contributed by atoms with van der Waals surface area (Å²) in [4.78, 5) is 20.8. The molecular formula is C8H15N3O3. The van der Waals surface area contributed by atoms with Gasteiger partial charge in [0.1, 0.15) is 0 Å². The number of carboxylic acids is 1. The average Bonchev–Trinajstić information content (AvgIpc) is 1.97. The monoisotopic (exact) mass is 201 g/mol. The van der Waals surface area contributed by atoms with Gasteiger partial charge in [-0.3, -0.25) is 10.2 Å². The fourth-order valence-corrected chi connectivity index (χ4v) is 0.791. The number of amides is 2. The van der Waals surface area contributed by atoms with E-state index in [1.807, 2.05) is 0 Å². The van der Waals surface area contributed by atoms with Gasteiger partial charge in [-0.05, 0) is 0 Å². The van der Waals surface area contributed by atoms with Crippen molar-refractivity contribution in [2.75, 3.05) is 0 Å². The zero-order chi connectivity index (χ0) is 11.4. The summed E-state index contributed by atoms with van der Waals surface area (Å²) in [7, 11) is 0. The Balaban J connectivity index is 4.21. The van der Waals surface area contributed by atoms with Gasteiger partial charge in [-0.25, -0.2) is 4.79 Å². The topological polar surface area (TPSA) is 104 Å². The molecule has 6 nitrogen and oxygen atoms in total. The normalized spacial score (nSPS) is 10.4. The van der Waals surface area contributed by atoms with Crippen LogP contribution in [0.3, 0.4) is 0 Å². The van der Waals surface area contributed by atoms with Crippen LogP contribution in [0.1, 0.15) is 20.3 Å². The van der Waals surface area contributed by atoms with Crippen LogP contribution in [0.4, 0.5) is 4.79 Å². The Hall–Kier alpha value is -1.72. The quantitative estimate of drug-likeness (QED) is 0.476. The van der Waals surface area contributed by atoms with E-state index in [1.165, 1.54) is 0 Å². The number of nitrogens with one attached hydrogen (secondary N) is 2. The number of hydrazine groups is 1. The lowest BCUT2D eigenvalue weighted by Crippen LogP contribution is -2.43. The van der Waals surface area contributed by atoms with Crippen molar-refractivity contribution in [3.05, 3.63) is 12.3 Å². The molecule has 0 aromatic carbocycles. The van der Waals surface area contributed by atoms with Gasteiger partial charge in [0.2, 0.25) is 0 Å². The number of primary amides is 1. The Morgan fingerprint density at radius 3 is 2.29 bits per heavy atom. The molecule has 0 aromatic rings. The third-order valence-corrected chi connectivity index (χ3v) is 1.75. The van der Waals surface area contributed by atoms with E-state index in [9.17, 15) is 9.59 Å². The fraction of sp³-hybridized carbons (Fsp3) is 0.500. The molecule has 0 aromatic heterocycles. The molecule has 14 heavy (non-hydrogen) atoms. The van der Waals surface area contributed by atoms with Crippen LogP contribution in [0.2, 0.25) is 0 Å². The lowest BCUT2D eigenvalue weighted by molar-refractivity contribution is -0.138. The first-order valence-corrected chi connectivity index (χ1v) is 3.98. The van der Waals surface area contributed by atoms with Crippen molar-refractivity contribution in [1.82, 2.24) is 10.9 Å². The maximum Gasteiger partial charge on any atom is 0.330 e. The van der Waals surface area contributed by atoms with Crippen LogP contribution >= 0.6 is 0 Å². The van der Waals surface area contributed by atoms with Crippen LogP contribution in [-0.2, 0) is 4.79 Å². The largest absolute Gasteiger partial charge is 0.481 e. The number of hydrogen-bond donors (Lipinski definition) is 4. The Kier molecular flexibility index (Phi) is 3.95.